The van der Waals surface area contributed by atoms with E-state index in [1.165, 1.54) is 0 Å². The number of hydrogen-bond acceptors (Lipinski definition) is 7. The second-order valence-corrected chi connectivity index (χ2v) is 5.17. The zero-order chi connectivity index (χ0) is 13.8. The van der Waals surface area contributed by atoms with E-state index in [0.717, 1.165) is 0 Å². The van der Waals surface area contributed by atoms with Gasteiger partial charge in [-0.2, -0.15) is 0 Å². The Hall–Kier alpha value is -0.280. The minimum absolute atomic E-state index is 0.158. The predicted molar refractivity (Wildman–Crippen MR) is 63.1 cm³/mol. The van der Waals surface area contributed by atoms with E-state index in [2.05, 4.69) is 0 Å². The lowest BCUT2D eigenvalue weighted by Crippen LogP contribution is -2.42. The molecule has 0 bridgehead atoms. The number of rotatable bonds is 4. The Balaban J connectivity index is 1.75. The quantitative estimate of drug-likeness (QED) is 0.507. The maximum absolute atomic E-state index is 9.62. The summed E-state index contributed by atoms with van der Waals surface area (Å²) in [6, 6.07) is 0. The number of hydrogen-bond donors (Lipinski definition) is 4. The van der Waals surface area contributed by atoms with Gasteiger partial charge in [0.15, 0.2) is 12.6 Å². The molecule has 0 aromatic carbocycles. The molecular weight excluding hydrogens is 256 g/mol. The van der Waals surface area contributed by atoms with Gasteiger partial charge in [0, 0.05) is 25.7 Å². The van der Waals surface area contributed by atoms with E-state index in [9.17, 15) is 15.3 Å². The third kappa shape index (κ3) is 4.64. The molecule has 0 aromatic rings. The summed E-state index contributed by atoms with van der Waals surface area (Å²) in [5.41, 5.74) is 0. The lowest BCUT2D eigenvalue weighted by molar-refractivity contribution is -0.252. The van der Waals surface area contributed by atoms with Crippen molar-refractivity contribution < 1.29 is 34.6 Å². The Kier molecular flexibility index (Phi) is 5.52. The SMILES string of the molecule is OCC1CC(O)CC(OCC2CC(O)CC(O)O2)O1. The van der Waals surface area contributed by atoms with Crippen LogP contribution in [0.5, 0.6) is 0 Å². The Morgan fingerprint density at radius 1 is 0.895 bits per heavy atom. The molecule has 2 heterocycles. The van der Waals surface area contributed by atoms with Gasteiger partial charge in [-0.25, -0.2) is 0 Å². The van der Waals surface area contributed by atoms with Gasteiger partial charge in [-0.1, -0.05) is 0 Å². The van der Waals surface area contributed by atoms with Crippen LogP contribution in [-0.2, 0) is 14.2 Å². The van der Waals surface area contributed by atoms with Crippen molar-refractivity contribution in [2.45, 2.75) is 62.7 Å². The van der Waals surface area contributed by atoms with Crippen LogP contribution in [0.4, 0.5) is 0 Å². The molecule has 2 saturated heterocycles. The van der Waals surface area contributed by atoms with E-state index in [1.54, 1.807) is 0 Å². The van der Waals surface area contributed by atoms with Crippen LogP contribution < -0.4 is 0 Å². The summed E-state index contributed by atoms with van der Waals surface area (Å²) in [5, 5.41) is 37.5. The summed E-state index contributed by atoms with van der Waals surface area (Å²) in [7, 11) is 0. The Morgan fingerprint density at radius 2 is 1.58 bits per heavy atom. The summed E-state index contributed by atoms with van der Waals surface area (Å²) < 4.78 is 16.1. The molecule has 0 spiro atoms. The van der Waals surface area contributed by atoms with Gasteiger partial charge >= 0.3 is 0 Å². The first-order chi connectivity index (χ1) is 9.06. The average Bonchev–Trinajstić information content (AvgIpc) is 2.34. The summed E-state index contributed by atoms with van der Waals surface area (Å²) in [6.45, 7) is 0.0118. The van der Waals surface area contributed by atoms with Gasteiger partial charge < -0.3 is 34.6 Å². The number of ether oxygens (including phenoxy) is 3. The fourth-order valence-electron chi connectivity index (χ4n) is 2.46. The third-order valence-corrected chi connectivity index (χ3v) is 3.37. The molecule has 4 N–H and O–H groups in total. The van der Waals surface area contributed by atoms with E-state index < -0.39 is 37.0 Å². The van der Waals surface area contributed by atoms with Crippen molar-refractivity contribution in [3.8, 4) is 0 Å². The van der Waals surface area contributed by atoms with Gasteiger partial charge in [0.1, 0.15) is 0 Å². The van der Waals surface area contributed by atoms with E-state index >= 15 is 0 Å². The van der Waals surface area contributed by atoms with Crippen molar-refractivity contribution in [3.63, 3.8) is 0 Å². The van der Waals surface area contributed by atoms with Gasteiger partial charge in [-0.05, 0) is 0 Å². The van der Waals surface area contributed by atoms with Gasteiger partial charge in [-0.15, -0.1) is 0 Å². The minimum atomic E-state index is -0.972. The molecule has 2 aliphatic rings. The summed E-state index contributed by atoms with van der Waals surface area (Å²) in [4.78, 5) is 0. The van der Waals surface area contributed by atoms with Crippen LogP contribution in [0.2, 0.25) is 0 Å². The molecule has 0 saturated carbocycles. The Bertz CT molecular complexity index is 265. The third-order valence-electron chi connectivity index (χ3n) is 3.37. The molecule has 0 radical (unpaired) electrons. The fourth-order valence-corrected chi connectivity index (χ4v) is 2.46. The molecule has 2 fully saturated rings. The van der Waals surface area contributed by atoms with E-state index in [4.69, 9.17) is 19.3 Å². The molecule has 7 nitrogen and oxygen atoms in total. The van der Waals surface area contributed by atoms with E-state index in [0.29, 0.717) is 19.3 Å². The average molecular weight is 278 g/mol. The Morgan fingerprint density at radius 3 is 2.26 bits per heavy atom. The fraction of sp³-hybridized carbons (Fsp3) is 1.00. The molecule has 112 valence electrons. The second-order valence-electron chi connectivity index (χ2n) is 5.17. The molecule has 2 rings (SSSR count). The van der Waals surface area contributed by atoms with Crippen molar-refractivity contribution in [1.29, 1.82) is 0 Å². The van der Waals surface area contributed by atoms with Gasteiger partial charge in [0.25, 0.3) is 0 Å². The highest BCUT2D eigenvalue weighted by Gasteiger charge is 2.31. The highest BCUT2D eigenvalue weighted by atomic mass is 16.7. The largest absolute Gasteiger partial charge is 0.394 e. The van der Waals surface area contributed by atoms with Crippen LogP contribution >= 0.6 is 0 Å². The molecule has 7 heteroatoms. The Labute approximate surface area is 111 Å². The zero-order valence-corrected chi connectivity index (χ0v) is 10.7. The number of aliphatic hydroxyl groups excluding tert-OH is 4. The zero-order valence-electron chi connectivity index (χ0n) is 10.7. The highest BCUT2D eigenvalue weighted by molar-refractivity contribution is 4.75. The number of aliphatic hydroxyl groups is 4. The molecule has 2 aliphatic heterocycles. The summed E-state index contributed by atoms with van der Waals surface area (Å²) in [5.74, 6) is 0. The maximum atomic E-state index is 9.62. The van der Waals surface area contributed by atoms with Gasteiger partial charge in [0.2, 0.25) is 0 Å². The predicted octanol–water partition coefficient (Wildman–Crippen LogP) is -1.28. The van der Waals surface area contributed by atoms with Crippen LogP contribution in [0.25, 0.3) is 0 Å². The molecule has 0 amide bonds. The van der Waals surface area contributed by atoms with Crippen LogP contribution in [0.15, 0.2) is 0 Å². The summed E-state index contributed by atoms with van der Waals surface area (Å²) in [6.07, 6.45) is -2.19. The molecule has 0 aliphatic carbocycles. The first-order valence-corrected chi connectivity index (χ1v) is 6.64. The standard InChI is InChI=1S/C12H22O7/c13-5-9-1-8(15)4-12(19-9)17-6-10-2-7(14)3-11(16)18-10/h7-16H,1-6H2. The molecule has 0 aromatic heterocycles. The monoisotopic (exact) mass is 278 g/mol. The molecule has 6 unspecified atom stereocenters. The van der Waals surface area contributed by atoms with Crippen molar-refractivity contribution in [2.75, 3.05) is 13.2 Å². The van der Waals surface area contributed by atoms with Crippen LogP contribution in [0.3, 0.4) is 0 Å². The van der Waals surface area contributed by atoms with Crippen LogP contribution in [0, 0.1) is 0 Å². The van der Waals surface area contributed by atoms with Crippen molar-refractivity contribution in [1.82, 2.24) is 0 Å². The second kappa shape index (κ2) is 6.94. The lowest BCUT2D eigenvalue weighted by Gasteiger charge is -2.34. The van der Waals surface area contributed by atoms with Crippen molar-refractivity contribution in [2.24, 2.45) is 0 Å². The van der Waals surface area contributed by atoms with Gasteiger partial charge in [0.05, 0.1) is 37.6 Å². The topological polar surface area (TPSA) is 109 Å². The highest BCUT2D eigenvalue weighted by Crippen LogP contribution is 2.23. The van der Waals surface area contributed by atoms with Gasteiger partial charge in [-0.3, -0.25) is 0 Å². The molecule has 19 heavy (non-hydrogen) atoms. The smallest absolute Gasteiger partial charge is 0.160 e. The normalized spacial score (nSPS) is 44.2. The van der Waals surface area contributed by atoms with E-state index in [-0.39, 0.29) is 19.6 Å². The molecular formula is C12H22O7. The van der Waals surface area contributed by atoms with Crippen molar-refractivity contribution >= 4 is 0 Å². The van der Waals surface area contributed by atoms with Crippen LogP contribution in [0.1, 0.15) is 25.7 Å². The molecule has 6 atom stereocenters. The lowest BCUT2D eigenvalue weighted by atomic mass is 10.0. The minimum Gasteiger partial charge on any atom is -0.394 e. The maximum Gasteiger partial charge on any atom is 0.160 e. The first-order valence-electron chi connectivity index (χ1n) is 6.64. The van der Waals surface area contributed by atoms with E-state index in [1.807, 2.05) is 0 Å². The summed E-state index contributed by atoms with van der Waals surface area (Å²) >= 11 is 0. The van der Waals surface area contributed by atoms with Crippen LogP contribution in [-0.4, -0.2) is 70.6 Å². The first kappa shape index (κ1) is 15.1. The van der Waals surface area contributed by atoms with Crippen molar-refractivity contribution in [3.05, 3.63) is 0 Å².